The molecule has 0 radical (unpaired) electrons. The largest absolute Gasteiger partial charge is 0.492 e. The summed E-state index contributed by atoms with van der Waals surface area (Å²) >= 11 is 3.43. The van der Waals surface area contributed by atoms with E-state index in [1.165, 1.54) is 0 Å². The van der Waals surface area contributed by atoms with Crippen molar-refractivity contribution >= 4 is 21.7 Å². The Bertz CT molecular complexity index is 611. The number of nitrogens with zero attached hydrogens (tertiary/aromatic N) is 1. The van der Waals surface area contributed by atoms with Crippen molar-refractivity contribution in [3.63, 3.8) is 0 Å². The molecule has 0 N–H and O–H groups in total. The van der Waals surface area contributed by atoms with E-state index in [4.69, 9.17) is 4.74 Å². The molecular formula is C15H14BrNO2. The average molecular weight is 320 g/mol. The van der Waals surface area contributed by atoms with Crippen LogP contribution in [0.1, 0.15) is 28.4 Å². The molecule has 0 unspecified atom stereocenters. The maximum absolute atomic E-state index is 12.3. The number of pyridine rings is 1. The zero-order valence-corrected chi connectivity index (χ0v) is 12.4. The molecule has 1 aromatic carbocycles. The highest BCUT2D eigenvalue weighted by molar-refractivity contribution is 9.10. The highest BCUT2D eigenvalue weighted by Gasteiger charge is 2.11. The van der Waals surface area contributed by atoms with Crippen LogP contribution in [0.15, 0.2) is 41.1 Å². The Hall–Kier alpha value is -1.68. The molecular weight excluding hydrogens is 306 g/mol. The summed E-state index contributed by atoms with van der Waals surface area (Å²) in [6, 6.07) is 7.27. The molecule has 4 heteroatoms. The Morgan fingerprint density at radius 2 is 2.05 bits per heavy atom. The Balaban J connectivity index is 2.32. The number of ether oxygens (including phenoxy) is 1. The lowest BCUT2D eigenvalue weighted by molar-refractivity contribution is 0.103. The fourth-order valence-electron chi connectivity index (χ4n) is 1.69. The summed E-state index contributed by atoms with van der Waals surface area (Å²) in [6.45, 7) is 4.43. The molecule has 0 spiro atoms. The fraction of sp³-hybridized carbons (Fsp3) is 0.200. The van der Waals surface area contributed by atoms with Gasteiger partial charge in [0.05, 0.1) is 12.8 Å². The van der Waals surface area contributed by atoms with Crippen LogP contribution in [0.25, 0.3) is 0 Å². The van der Waals surface area contributed by atoms with Crippen LogP contribution in [0, 0.1) is 6.92 Å². The van der Waals surface area contributed by atoms with Gasteiger partial charge in [-0.3, -0.25) is 9.78 Å². The molecule has 2 aromatic rings. The quantitative estimate of drug-likeness (QED) is 0.805. The number of ketones is 1. The van der Waals surface area contributed by atoms with Gasteiger partial charge in [-0.05, 0) is 31.5 Å². The zero-order chi connectivity index (χ0) is 13.8. The third kappa shape index (κ3) is 3.20. The number of aryl methyl sites for hydroxylation is 1. The van der Waals surface area contributed by atoms with Gasteiger partial charge >= 0.3 is 0 Å². The molecule has 0 aliphatic heterocycles. The number of benzene rings is 1. The van der Waals surface area contributed by atoms with Crippen molar-refractivity contribution in [1.29, 1.82) is 0 Å². The van der Waals surface area contributed by atoms with Crippen molar-refractivity contribution in [3.8, 4) is 5.75 Å². The van der Waals surface area contributed by atoms with Crippen LogP contribution in [-0.4, -0.2) is 17.4 Å². The monoisotopic (exact) mass is 319 g/mol. The van der Waals surface area contributed by atoms with Gasteiger partial charge in [-0.2, -0.15) is 0 Å². The summed E-state index contributed by atoms with van der Waals surface area (Å²) in [4.78, 5) is 16.4. The zero-order valence-electron chi connectivity index (χ0n) is 10.8. The number of hydrogen-bond acceptors (Lipinski definition) is 3. The Morgan fingerprint density at radius 1 is 1.26 bits per heavy atom. The molecule has 0 aliphatic carbocycles. The summed E-state index contributed by atoms with van der Waals surface area (Å²) in [7, 11) is 0. The molecule has 3 nitrogen and oxygen atoms in total. The molecule has 0 fully saturated rings. The van der Waals surface area contributed by atoms with Crippen LogP contribution in [0.5, 0.6) is 5.75 Å². The van der Waals surface area contributed by atoms with Gasteiger partial charge in [0.1, 0.15) is 5.75 Å². The second-order valence-corrected chi connectivity index (χ2v) is 4.99. The van der Waals surface area contributed by atoms with Gasteiger partial charge in [0.15, 0.2) is 5.78 Å². The number of carbonyl (C=O) groups excluding carboxylic acids is 1. The molecule has 0 saturated carbocycles. The third-order valence-corrected chi connectivity index (χ3v) is 3.57. The number of aromatic nitrogens is 1. The van der Waals surface area contributed by atoms with Crippen LogP contribution in [0.2, 0.25) is 0 Å². The number of halogens is 1. The van der Waals surface area contributed by atoms with Gasteiger partial charge in [-0.1, -0.05) is 28.1 Å². The van der Waals surface area contributed by atoms with E-state index in [0.29, 0.717) is 23.5 Å². The van der Waals surface area contributed by atoms with E-state index >= 15 is 0 Å². The molecule has 0 bridgehead atoms. The van der Waals surface area contributed by atoms with E-state index in [-0.39, 0.29) is 5.78 Å². The summed E-state index contributed by atoms with van der Waals surface area (Å²) in [6.07, 6.45) is 3.16. The maximum atomic E-state index is 12.3. The predicted molar refractivity (Wildman–Crippen MR) is 77.7 cm³/mol. The van der Waals surface area contributed by atoms with Crippen molar-refractivity contribution in [2.75, 3.05) is 6.61 Å². The minimum Gasteiger partial charge on any atom is -0.492 e. The van der Waals surface area contributed by atoms with Crippen LogP contribution < -0.4 is 4.74 Å². The molecule has 0 saturated heterocycles. The normalized spacial score (nSPS) is 10.3. The lowest BCUT2D eigenvalue weighted by Gasteiger charge is -2.06. The second-order valence-electron chi connectivity index (χ2n) is 4.14. The van der Waals surface area contributed by atoms with Gasteiger partial charge in [0, 0.05) is 21.8 Å². The van der Waals surface area contributed by atoms with Crippen molar-refractivity contribution in [2.45, 2.75) is 13.8 Å². The van der Waals surface area contributed by atoms with E-state index in [0.717, 1.165) is 10.0 Å². The van der Waals surface area contributed by atoms with Gasteiger partial charge in [0.25, 0.3) is 0 Å². The van der Waals surface area contributed by atoms with Crippen LogP contribution >= 0.6 is 15.9 Å². The van der Waals surface area contributed by atoms with E-state index < -0.39 is 0 Å². The van der Waals surface area contributed by atoms with Crippen molar-refractivity contribution in [2.24, 2.45) is 0 Å². The molecule has 0 atom stereocenters. The minimum atomic E-state index is -0.0604. The lowest BCUT2D eigenvalue weighted by Crippen LogP contribution is -2.03. The average Bonchev–Trinajstić information content (AvgIpc) is 2.42. The number of carbonyl (C=O) groups is 1. The molecule has 0 amide bonds. The first-order valence-electron chi connectivity index (χ1n) is 6.00. The van der Waals surface area contributed by atoms with Gasteiger partial charge in [-0.25, -0.2) is 0 Å². The predicted octanol–water partition coefficient (Wildman–Crippen LogP) is 3.78. The Kier molecular flexibility index (Phi) is 4.32. The van der Waals surface area contributed by atoms with Gasteiger partial charge < -0.3 is 4.74 Å². The van der Waals surface area contributed by atoms with E-state index in [1.807, 2.05) is 32.0 Å². The molecule has 2 rings (SSSR count). The lowest BCUT2D eigenvalue weighted by atomic mass is 10.0. The fourth-order valence-corrected chi connectivity index (χ4v) is 2.07. The van der Waals surface area contributed by atoms with Crippen LogP contribution in [0.4, 0.5) is 0 Å². The smallest absolute Gasteiger partial charge is 0.194 e. The summed E-state index contributed by atoms with van der Waals surface area (Å²) in [5.41, 5.74) is 2.26. The molecule has 98 valence electrons. The summed E-state index contributed by atoms with van der Waals surface area (Å²) in [5, 5.41) is 0. The first kappa shape index (κ1) is 13.7. The molecule has 19 heavy (non-hydrogen) atoms. The Labute approximate surface area is 120 Å². The maximum Gasteiger partial charge on any atom is 0.194 e. The van der Waals surface area contributed by atoms with Gasteiger partial charge in [-0.15, -0.1) is 0 Å². The second kappa shape index (κ2) is 5.97. The first-order valence-corrected chi connectivity index (χ1v) is 6.80. The summed E-state index contributed by atoms with van der Waals surface area (Å²) in [5.74, 6) is 0.550. The highest BCUT2D eigenvalue weighted by Crippen LogP contribution is 2.20. The van der Waals surface area contributed by atoms with Crippen molar-refractivity contribution in [1.82, 2.24) is 4.98 Å². The van der Waals surface area contributed by atoms with E-state index in [9.17, 15) is 4.79 Å². The molecule has 1 heterocycles. The third-order valence-electron chi connectivity index (χ3n) is 2.72. The number of rotatable bonds is 4. The highest BCUT2D eigenvalue weighted by atomic mass is 79.9. The minimum absolute atomic E-state index is 0.0604. The van der Waals surface area contributed by atoms with Crippen LogP contribution in [0.3, 0.4) is 0 Å². The summed E-state index contributed by atoms with van der Waals surface area (Å²) < 4.78 is 6.27. The number of hydrogen-bond donors (Lipinski definition) is 0. The van der Waals surface area contributed by atoms with E-state index in [1.54, 1.807) is 18.5 Å². The van der Waals surface area contributed by atoms with E-state index in [2.05, 4.69) is 20.9 Å². The first-order chi connectivity index (χ1) is 9.11. The van der Waals surface area contributed by atoms with Crippen molar-refractivity contribution < 1.29 is 9.53 Å². The standard InChI is InChI=1S/C15H14BrNO2/c1-3-19-13-6-12(8-17-9-13)15(18)11-5-4-10(2)14(16)7-11/h4-9H,3H2,1-2H3. The topological polar surface area (TPSA) is 39.2 Å². The SMILES string of the molecule is CCOc1cncc(C(=O)c2ccc(C)c(Br)c2)c1. The van der Waals surface area contributed by atoms with Gasteiger partial charge in [0.2, 0.25) is 0 Å². The molecule has 1 aromatic heterocycles. The Morgan fingerprint density at radius 3 is 2.74 bits per heavy atom. The molecule has 0 aliphatic rings. The van der Waals surface area contributed by atoms with Crippen molar-refractivity contribution in [3.05, 3.63) is 57.8 Å². The van der Waals surface area contributed by atoms with Crippen LogP contribution in [-0.2, 0) is 0 Å².